The molecule has 30 heavy (non-hydrogen) atoms. The molecule has 0 aliphatic heterocycles. The van der Waals surface area contributed by atoms with Crippen LogP contribution >= 0.6 is 0 Å². The number of hydrogen-bond acceptors (Lipinski definition) is 3. The molecule has 0 spiro atoms. The summed E-state index contributed by atoms with van der Waals surface area (Å²) < 4.78 is 19.5. The SMILES string of the molecule is CCCCC=CC(CC)(CCCCCCCC)C(OCCC)(OCCC)OCCC. The largest absolute Gasteiger partial charge is 0.327 e. The number of allylic oxidation sites excluding steroid dienone is 1. The van der Waals surface area contributed by atoms with Crippen LogP contribution in [0.5, 0.6) is 0 Å². The molecule has 0 bridgehead atoms. The van der Waals surface area contributed by atoms with Crippen molar-refractivity contribution in [1.29, 1.82) is 0 Å². The molecule has 1 unspecified atom stereocenters. The van der Waals surface area contributed by atoms with Crippen LogP contribution in [0.1, 0.15) is 131 Å². The highest BCUT2D eigenvalue weighted by molar-refractivity contribution is 5.05. The second kappa shape index (κ2) is 19.3. The Balaban J connectivity index is 5.75. The minimum Gasteiger partial charge on any atom is -0.327 e. The average Bonchev–Trinajstić information content (AvgIpc) is 2.77. The first-order chi connectivity index (χ1) is 14.6. The van der Waals surface area contributed by atoms with Gasteiger partial charge in [0.25, 0.3) is 5.97 Å². The number of unbranched alkanes of at least 4 members (excludes halogenated alkanes) is 7. The standard InChI is InChI=1S/C27H54O3/c1-7-13-15-17-18-20-22-26(12-6,21-19-16-14-8-2)27(28-23-9-3,29-24-10-4)30-25-11-5/h19,21H,7-18,20,22-25H2,1-6H3. The highest BCUT2D eigenvalue weighted by atomic mass is 16.9. The van der Waals surface area contributed by atoms with Gasteiger partial charge in [-0.15, -0.1) is 0 Å². The summed E-state index contributed by atoms with van der Waals surface area (Å²) in [6.45, 7) is 15.3. The van der Waals surface area contributed by atoms with E-state index in [4.69, 9.17) is 14.2 Å². The quantitative estimate of drug-likeness (QED) is 0.0983. The van der Waals surface area contributed by atoms with Crippen LogP contribution in [-0.4, -0.2) is 25.8 Å². The molecule has 0 radical (unpaired) electrons. The fourth-order valence-corrected chi connectivity index (χ4v) is 3.97. The van der Waals surface area contributed by atoms with Crippen LogP contribution in [0, 0.1) is 5.41 Å². The van der Waals surface area contributed by atoms with Crippen LogP contribution in [-0.2, 0) is 14.2 Å². The molecule has 180 valence electrons. The molecule has 0 saturated carbocycles. The molecular weight excluding hydrogens is 372 g/mol. The Labute approximate surface area is 189 Å². The van der Waals surface area contributed by atoms with E-state index in [1.165, 1.54) is 51.4 Å². The highest BCUT2D eigenvalue weighted by Crippen LogP contribution is 2.46. The van der Waals surface area contributed by atoms with Crippen molar-refractivity contribution in [1.82, 2.24) is 0 Å². The molecule has 0 amide bonds. The summed E-state index contributed by atoms with van der Waals surface area (Å²) in [6, 6.07) is 0. The van der Waals surface area contributed by atoms with Crippen molar-refractivity contribution in [3.8, 4) is 0 Å². The molecule has 0 N–H and O–H groups in total. The van der Waals surface area contributed by atoms with Crippen LogP contribution in [0.15, 0.2) is 12.2 Å². The summed E-state index contributed by atoms with van der Waals surface area (Å²) in [5.41, 5.74) is -0.245. The van der Waals surface area contributed by atoms with Gasteiger partial charge < -0.3 is 14.2 Å². The van der Waals surface area contributed by atoms with Crippen LogP contribution in [0.2, 0.25) is 0 Å². The predicted octanol–water partition coefficient (Wildman–Crippen LogP) is 8.81. The van der Waals surface area contributed by atoms with E-state index < -0.39 is 5.97 Å². The van der Waals surface area contributed by atoms with Crippen molar-refractivity contribution in [2.24, 2.45) is 5.41 Å². The number of rotatable bonds is 22. The third-order valence-electron chi connectivity index (χ3n) is 5.87. The van der Waals surface area contributed by atoms with Crippen molar-refractivity contribution < 1.29 is 14.2 Å². The third kappa shape index (κ3) is 10.8. The Morgan fingerprint density at radius 3 is 1.53 bits per heavy atom. The molecule has 3 nitrogen and oxygen atoms in total. The first kappa shape index (κ1) is 29.6. The molecule has 0 aliphatic carbocycles. The van der Waals surface area contributed by atoms with Gasteiger partial charge in [0.2, 0.25) is 0 Å². The second-order valence-corrected chi connectivity index (χ2v) is 8.67. The summed E-state index contributed by atoms with van der Waals surface area (Å²) in [7, 11) is 0. The van der Waals surface area contributed by atoms with Crippen LogP contribution < -0.4 is 0 Å². The fourth-order valence-electron chi connectivity index (χ4n) is 3.97. The Bertz CT molecular complexity index is 372. The maximum Gasteiger partial charge on any atom is 0.292 e. The van der Waals surface area contributed by atoms with Crippen molar-refractivity contribution in [3.63, 3.8) is 0 Å². The zero-order valence-electron chi connectivity index (χ0n) is 21.4. The molecule has 0 aromatic carbocycles. The summed E-state index contributed by atoms with van der Waals surface area (Å²) in [5, 5.41) is 0. The molecule has 3 heteroatoms. The summed E-state index contributed by atoms with van der Waals surface area (Å²) in [5.74, 6) is -0.976. The van der Waals surface area contributed by atoms with Crippen molar-refractivity contribution in [3.05, 3.63) is 12.2 Å². The lowest BCUT2D eigenvalue weighted by Gasteiger charge is -2.47. The van der Waals surface area contributed by atoms with E-state index in [0.717, 1.165) is 38.5 Å². The minimum atomic E-state index is -0.976. The normalized spacial score (nSPS) is 14.5. The molecule has 0 fully saturated rings. The predicted molar refractivity (Wildman–Crippen MR) is 131 cm³/mol. The molecule has 1 atom stereocenters. The lowest BCUT2D eigenvalue weighted by atomic mass is 9.76. The van der Waals surface area contributed by atoms with Crippen LogP contribution in [0.3, 0.4) is 0 Å². The van der Waals surface area contributed by atoms with E-state index in [0.29, 0.717) is 19.8 Å². The summed E-state index contributed by atoms with van der Waals surface area (Å²) in [6.07, 6.45) is 21.0. The maximum absolute atomic E-state index is 6.50. The van der Waals surface area contributed by atoms with E-state index in [2.05, 4.69) is 53.7 Å². The van der Waals surface area contributed by atoms with Crippen molar-refractivity contribution in [2.45, 2.75) is 137 Å². The Kier molecular flexibility index (Phi) is 19.1. The topological polar surface area (TPSA) is 27.7 Å². The molecule has 0 aromatic rings. The van der Waals surface area contributed by atoms with E-state index in [1.54, 1.807) is 0 Å². The zero-order chi connectivity index (χ0) is 22.6. The smallest absolute Gasteiger partial charge is 0.292 e. The van der Waals surface area contributed by atoms with Gasteiger partial charge in [0.15, 0.2) is 0 Å². The molecular formula is C27H54O3. The van der Waals surface area contributed by atoms with Crippen molar-refractivity contribution >= 4 is 0 Å². The van der Waals surface area contributed by atoms with Gasteiger partial charge in [0, 0.05) is 0 Å². The summed E-state index contributed by atoms with van der Waals surface area (Å²) in [4.78, 5) is 0. The van der Waals surface area contributed by atoms with Gasteiger partial charge in [-0.25, -0.2) is 0 Å². The highest BCUT2D eigenvalue weighted by Gasteiger charge is 2.52. The first-order valence-corrected chi connectivity index (χ1v) is 13.2. The minimum absolute atomic E-state index is 0.245. The molecule has 0 aromatic heterocycles. The monoisotopic (exact) mass is 426 g/mol. The first-order valence-electron chi connectivity index (χ1n) is 13.2. The van der Waals surface area contributed by atoms with Crippen molar-refractivity contribution in [2.75, 3.05) is 19.8 Å². The van der Waals surface area contributed by atoms with Gasteiger partial charge >= 0.3 is 0 Å². The molecule has 0 heterocycles. The van der Waals surface area contributed by atoms with Gasteiger partial charge in [0.05, 0.1) is 25.2 Å². The van der Waals surface area contributed by atoms with Crippen LogP contribution in [0.25, 0.3) is 0 Å². The lowest BCUT2D eigenvalue weighted by molar-refractivity contribution is -0.424. The van der Waals surface area contributed by atoms with Gasteiger partial charge in [-0.2, -0.15) is 0 Å². The zero-order valence-corrected chi connectivity index (χ0v) is 21.4. The van der Waals surface area contributed by atoms with E-state index >= 15 is 0 Å². The lowest BCUT2D eigenvalue weighted by Crippen LogP contribution is -2.54. The molecule has 0 rings (SSSR count). The molecule has 0 aliphatic rings. The van der Waals surface area contributed by atoms with Gasteiger partial charge in [0.1, 0.15) is 0 Å². The third-order valence-corrected chi connectivity index (χ3v) is 5.87. The number of hydrogen-bond donors (Lipinski definition) is 0. The molecule has 0 saturated heterocycles. The number of ether oxygens (including phenoxy) is 3. The van der Waals surface area contributed by atoms with Gasteiger partial charge in [-0.1, -0.05) is 105 Å². The van der Waals surface area contributed by atoms with Gasteiger partial charge in [-0.3, -0.25) is 0 Å². The Morgan fingerprint density at radius 2 is 1.07 bits per heavy atom. The fraction of sp³-hybridized carbons (Fsp3) is 0.926. The second-order valence-electron chi connectivity index (χ2n) is 8.67. The average molecular weight is 427 g/mol. The van der Waals surface area contributed by atoms with E-state index in [9.17, 15) is 0 Å². The van der Waals surface area contributed by atoms with Crippen LogP contribution in [0.4, 0.5) is 0 Å². The summed E-state index contributed by atoms with van der Waals surface area (Å²) >= 11 is 0. The van der Waals surface area contributed by atoms with E-state index in [-0.39, 0.29) is 5.41 Å². The Morgan fingerprint density at radius 1 is 0.567 bits per heavy atom. The van der Waals surface area contributed by atoms with E-state index in [1.807, 2.05) is 0 Å². The Hall–Kier alpha value is -0.380. The maximum atomic E-state index is 6.50. The van der Waals surface area contributed by atoms with Gasteiger partial charge in [-0.05, 0) is 38.5 Å².